The molecule has 0 amide bonds. The zero-order valence-corrected chi connectivity index (χ0v) is 9.02. The molecule has 0 radical (unpaired) electrons. The van der Waals surface area contributed by atoms with Gasteiger partial charge in [-0.3, -0.25) is 0 Å². The first-order valence-electron chi connectivity index (χ1n) is 4.29. The zero-order valence-electron chi connectivity index (χ0n) is 8.21. The molecule has 2 N–H and O–H groups in total. The molecule has 0 saturated carbocycles. The monoisotopic (exact) mass is 206 g/mol. The van der Waals surface area contributed by atoms with Crippen LogP contribution in [0.5, 0.6) is 0 Å². The lowest BCUT2D eigenvalue weighted by Crippen LogP contribution is -2.34. The SMILES string of the molecule is C=CCNS(=O)(=O)CCNC(C)C. The quantitative estimate of drug-likeness (QED) is 0.580. The van der Waals surface area contributed by atoms with E-state index in [9.17, 15) is 8.42 Å². The summed E-state index contributed by atoms with van der Waals surface area (Å²) in [6, 6.07) is 0.314. The summed E-state index contributed by atoms with van der Waals surface area (Å²) in [4.78, 5) is 0. The molecule has 0 aromatic heterocycles. The van der Waals surface area contributed by atoms with Crippen LogP contribution < -0.4 is 10.0 Å². The Hall–Kier alpha value is -0.390. The number of hydrogen-bond acceptors (Lipinski definition) is 3. The third kappa shape index (κ3) is 7.95. The lowest BCUT2D eigenvalue weighted by atomic mass is 10.4. The molecule has 0 aromatic rings. The number of nitrogens with one attached hydrogen (secondary N) is 2. The van der Waals surface area contributed by atoms with E-state index < -0.39 is 10.0 Å². The summed E-state index contributed by atoms with van der Waals surface area (Å²) in [7, 11) is -3.12. The van der Waals surface area contributed by atoms with Crippen molar-refractivity contribution in [1.82, 2.24) is 10.0 Å². The Morgan fingerprint density at radius 1 is 1.46 bits per heavy atom. The van der Waals surface area contributed by atoms with Gasteiger partial charge in [-0.15, -0.1) is 6.58 Å². The Labute approximate surface area is 80.5 Å². The van der Waals surface area contributed by atoms with Crippen molar-refractivity contribution in [2.75, 3.05) is 18.8 Å². The summed E-state index contributed by atoms with van der Waals surface area (Å²) in [6.07, 6.45) is 1.52. The smallest absolute Gasteiger partial charge is 0.213 e. The summed E-state index contributed by atoms with van der Waals surface area (Å²) >= 11 is 0. The predicted octanol–water partition coefficient (Wildman–Crippen LogP) is 0.0898. The van der Waals surface area contributed by atoms with Crippen molar-refractivity contribution in [3.8, 4) is 0 Å². The molecule has 13 heavy (non-hydrogen) atoms. The van der Waals surface area contributed by atoms with Crippen LogP contribution in [0.15, 0.2) is 12.7 Å². The first kappa shape index (κ1) is 12.6. The molecule has 0 aromatic carbocycles. The van der Waals surface area contributed by atoms with E-state index in [1.54, 1.807) is 0 Å². The van der Waals surface area contributed by atoms with E-state index in [-0.39, 0.29) is 5.75 Å². The highest BCUT2D eigenvalue weighted by Gasteiger charge is 2.07. The molecule has 0 atom stereocenters. The first-order chi connectivity index (χ1) is 5.98. The van der Waals surface area contributed by atoms with Gasteiger partial charge in [-0.05, 0) is 0 Å². The number of rotatable bonds is 7. The standard InChI is InChI=1S/C8H18N2O2S/c1-4-5-10-13(11,12)7-6-9-8(2)3/h4,8-10H,1,5-7H2,2-3H3. The molecule has 78 valence electrons. The molecule has 0 unspecified atom stereocenters. The summed E-state index contributed by atoms with van der Waals surface area (Å²) in [5, 5.41) is 3.03. The van der Waals surface area contributed by atoms with Crippen LogP contribution in [0.2, 0.25) is 0 Å². The van der Waals surface area contributed by atoms with Crippen molar-refractivity contribution in [2.45, 2.75) is 19.9 Å². The van der Waals surface area contributed by atoms with Crippen LogP contribution in [0.3, 0.4) is 0 Å². The maximum Gasteiger partial charge on any atom is 0.213 e. The number of hydrogen-bond donors (Lipinski definition) is 2. The van der Waals surface area contributed by atoms with Crippen LogP contribution in [0.1, 0.15) is 13.8 Å². The Balaban J connectivity index is 3.70. The van der Waals surface area contributed by atoms with E-state index in [1.165, 1.54) is 6.08 Å². The maximum atomic E-state index is 11.2. The first-order valence-corrected chi connectivity index (χ1v) is 5.95. The van der Waals surface area contributed by atoms with Gasteiger partial charge >= 0.3 is 0 Å². The normalized spacial score (nSPS) is 11.9. The Morgan fingerprint density at radius 3 is 2.54 bits per heavy atom. The van der Waals surface area contributed by atoms with Crippen LogP contribution in [0.25, 0.3) is 0 Å². The molecule has 0 bridgehead atoms. The molecule has 0 spiro atoms. The lowest BCUT2D eigenvalue weighted by Gasteiger charge is -2.08. The molecule has 0 rings (SSSR count). The second-order valence-corrected chi connectivity index (χ2v) is 4.99. The molecular formula is C8H18N2O2S. The molecule has 0 aliphatic rings. The minimum atomic E-state index is -3.12. The molecule has 4 nitrogen and oxygen atoms in total. The van der Waals surface area contributed by atoms with E-state index in [0.717, 1.165) is 0 Å². The average molecular weight is 206 g/mol. The fourth-order valence-electron chi connectivity index (χ4n) is 0.740. The third-order valence-electron chi connectivity index (χ3n) is 1.37. The highest BCUT2D eigenvalue weighted by atomic mass is 32.2. The van der Waals surface area contributed by atoms with E-state index in [4.69, 9.17) is 0 Å². The lowest BCUT2D eigenvalue weighted by molar-refractivity contribution is 0.570. The number of sulfonamides is 1. The Morgan fingerprint density at radius 2 is 2.08 bits per heavy atom. The topological polar surface area (TPSA) is 58.2 Å². The average Bonchev–Trinajstić information content (AvgIpc) is 2.00. The van der Waals surface area contributed by atoms with Gasteiger partial charge in [0.2, 0.25) is 10.0 Å². The van der Waals surface area contributed by atoms with Crippen molar-refractivity contribution < 1.29 is 8.42 Å². The van der Waals surface area contributed by atoms with Gasteiger partial charge in [0.25, 0.3) is 0 Å². The Bertz CT molecular complexity index is 235. The van der Waals surface area contributed by atoms with Gasteiger partial charge < -0.3 is 5.32 Å². The summed E-state index contributed by atoms with van der Waals surface area (Å²) in [5.41, 5.74) is 0. The molecule has 5 heteroatoms. The summed E-state index contributed by atoms with van der Waals surface area (Å²) in [5.74, 6) is 0.110. The van der Waals surface area contributed by atoms with Gasteiger partial charge in [-0.25, -0.2) is 13.1 Å². The van der Waals surface area contributed by atoms with Gasteiger partial charge in [-0.1, -0.05) is 19.9 Å². The van der Waals surface area contributed by atoms with Crippen LogP contribution >= 0.6 is 0 Å². The summed E-state index contributed by atoms with van der Waals surface area (Å²) < 4.78 is 24.7. The van der Waals surface area contributed by atoms with Crippen LogP contribution in [0, 0.1) is 0 Å². The largest absolute Gasteiger partial charge is 0.313 e. The van der Waals surface area contributed by atoms with Crippen molar-refractivity contribution in [3.63, 3.8) is 0 Å². The molecule has 0 heterocycles. The third-order valence-corrected chi connectivity index (χ3v) is 2.72. The van der Waals surface area contributed by atoms with Gasteiger partial charge in [-0.2, -0.15) is 0 Å². The van der Waals surface area contributed by atoms with Crippen LogP contribution in [-0.2, 0) is 10.0 Å². The molecule has 0 aliphatic heterocycles. The minimum Gasteiger partial charge on any atom is -0.313 e. The van der Waals surface area contributed by atoms with Crippen LogP contribution in [0.4, 0.5) is 0 Å². The van der Waals surface area contributed by atoms with Crippen molar-refractivity contribution >= 4 is 10.0 Å². The maximum absolute atomic E-state index is 11.2. The van der Waals surface area contributed by atoms with Crippen LogP contribution in [-0.4, -0.2) is 33.3 Å². The van der Waals surface area contributed by atoms with Crippen molar-refractivity contribution in [1.29, 1.82) is 0 Å². The summed E-state index contributed by atoms with van der Waals surface area (Å²) in [6.45, 7) is 8.15. The fourth-order valence-corrected chi connectivity index (χ4v) is 1.64. The van der Waals surface area contributed by atoms with Gasteiger partial charge in [0.05, 0.1) is 5.75 Å². The minimum absolute atomic E-state index is 0.110. The molecule has 0 fully saturated rings. The van der Waals surface area contributed by atoms with Gasteiger partial charge in [0, 0.05) is 19.1 Å². The fraction of sp³-hybridized carbons (Fsp3) is 0.750. The second kappa shape index (κ2) is 6.12. The molecular weight excluding hydrogens is 188 g/mol. The predicted molar refractivity (Wildman–Crippen MR) is 55.1 cm³/mol. The molecule has 0 saturated heterocycles. The highest BCUT2D eigenvalue weighted by molar-refractivity contribution is 7.89. The van der Waals surface area contributed by atoms with Crippen molar-refractivity contribution in [3.05, 3.63) is 12.7 Å². The van der Waals surface area contributed by atoms with E-state index in [0.29, 0.717) is 19.1 Å². The van der Waals surface area contributed by atoms with E-state index >= 15 is 0 Å². The Kier molecular flexibility index (Phi) is 5.94. The van der Waals surface area contributed by atoms with E-state index in [2.05, 4.69) is 16.6 Å². The zero-order chi connectivity index (χ0) is 10.3. The second-order valence-electron chi connectivity index (χ2n) is 3.06. The highest BCUT2D eigenvalue weighted by Crippen LogP contribution is 1.83. The van der Waals surface area contributed by atoms with Crippen molar-refractivity contribution in [2.24, 2.45) is 0 Å². The van der Waals surface area contributed by atoms with E-state index in [1.807, 2.05) is 13.8 Å². The van der Waals surface area contributed by atoms with Gasteiger partial charge in [0.15, 0.2) is 0 Å². The molecule has 0 aliphatic carbocycles. The van der Waals surface area contributed by atoms with Gasteiger partial charge in [0.1, 0.15) is 0 Å².